The number of aryl methyl sites for hydroxylation is 1. The van der Waals surface area contributed by atoms with Gasteiger partial charge in [-0.1, -0.05) is 6.92 Å². The Morgan fingerprint density at radius 1 is 1.29 bits per heavy atom. The van der Waals surface area contributed by atoms with Crippen LogP contribution in [0.15, 0.2) is 30.3 Å². The van der Waals surface area contributed by atoms with Gasteiger partial charge < -0.3 is 11.1 Å². The molecule has 0 saturated carbocycles. The van der Waals surface area contributed by atoms with Crippen molar-refractivity contribution in [3.05, 3.63) is 45.6 Å². The number of nitrogens with one attached hydrogen (secondary N) is 1. The van der Waals surface area contributed by atoms with Crippen molar-refractivity contribution < 1.29 is 18.0 Å². The van der Waals surface area contributed by atoms with Crippen molar-refractivity contribution in [2.45, 2.75) is 19.5 Å². The van der Waals surface area contributed by atoms with Gasteiger partial charge in [-0.3, -0.25) is 4.79 Å². The molecule has 0 saturated heterocycles. The van der Waals surface area contributed by atoms with Crippen molar-refractivity contribution in [3.63, 3.8) is 0 Å². The van der Waals surface area contributed by atoms with E-state index in [1.165, 1.54) is 11.3 Å². The zero-order valence-electron chi connectivity index (χ0n) is 11.1. The van der Waals surface area contributed by atoms with Crippen molar-refractivity contribution >= 4 is 28.6 Å². The molecule has 0 radical (unpaired) electrons. The van der Waals surface area contributed by atoms with Crippen LogP contribution in [0.5, 0.6) is 0 Å². The fourth-order valence-electron chi connectivity index (χ4n) is 1.73. The average molecular weight is 314 g/mol. The van der Waals surface area contributed by atoms with E-state index in [0.29, 0.717) is 4.88 Å². The van der Waals surface area contributed by atoms with E-state index >= 15 is 0 Å². The van der Waals surface area contributed by atoms with Crippen molar-refractivity contribution in [3.8, 4) is 0 Å². The molecule has 2 aromatic rings. The number of hydrogen-bond acceptors (Lipinski definition) is 3. The maximum atomic E-state index is 12.5. The minimum absolute atomic E-state index is 0.120. The number of nitrogen functional groups attached to an aromatic ring is 1. The van der Waals surface area contributed by atoms with Gasteiger partial charge >= 0.3 is 6.18 Å². The van der Waals surface area contributed by atoms with Crippen LogP contribution in [0.25, 0.3) is 0 Å². The maximum absolute atomic E-state index is 12.5. The number of rotatable bonds is 3. The summed E-state index contributed by atoms with van der Waals surface area (Å²) in [6.07, 6.45) is -3.64. The number of carbonyl (C=O) groups is 1. The highest BCUT2D eigenvalue weighted by Gasteiger charge is 2.30. The predicted molar refractivity (Wildman–Crippen MR) is 77.5 cm³/mol. The molecule has 0 aliphatic rings. The number of carbonyl (C=O) groups excluding carboxylic acids is 1. The number of hydrogen-bond donors (Lipinski definition) is 2. The van der Waals surface area contributed by atoms with Crippen LogP contribution in [0, 0.1) is 0 Å². The van der Waals surface area contributed by atoms with Gasteiger partial charge in [0.2, 0.25) is 0 Å². The third-order valence-corrected chi connectivity index (χ3v) is 4.09. The summed E-state index contributed by atoms with van der Waals surface area (Å²) >= 11 is 1.34. The topological polar surface area (TPSA) is 55.1 Å². The first-order valence-corrected chi connectivity index (χ1v) is 6.99. The summed E-state index contributed by atoms with van der Waals surface area (Å²) in [7, 11) is 0. The van der Waals surface area contributed by atoms with Gasteiger partial charge in [0.1, 0.15) is 0 Å². The van der Waals surface area contributed by atoms with E-state index in [-0.39, 0.29) is 17.3 Å². The third-order valence-electron chi connectivity index (χ3n) is 2.86. The van der Waals surface area contributed by atoms with Crippen molar-refractivity contribution in [1.29, 1.82) is 0 Å². The van der Waals surface area contributed by atoms with E-state index in [1.807, 2.05) is 13.0 Å². The van der Waals surface area contributed by atoms with Crippen LogP contribution in [0.2, 0.25) is 0 Å². The zero-order chi connectivity index (χ0) is 15.6. The minimum Gasteiger partial charge on any atom is -0.397 e. The van der Waals surface area contributed by atoms with Crippen LogP contribution in [-0.2, 0) is 12.6 Å². The molecule has 0 atom stereocenters. The molecule has 0 fully saturated rings. The molecule has 0 spiro atoms. The molecule has 1 amide bonds. The van der Waals surface area contributed by atoms with Gasteiger partial charge in [0.25, 0.3) is 5.91 Å². The molecular formula is C14H13F3N2OS. The second-order valence-corrected chi connectivity index (χ2v) is 5.54. The first-order chi connectivity index (χ1) is 9.81. The molecule has 1 aromatic heterocycles. The van der Waals surface area contributed by atoms with E-state index in [1.54, 1.807) is 6.07 Å². The Morgan fingerprint density at radius 3 is 2.52 bits per heavy atom. The van der Waals surface area contributed by atoms with Crippen LogP contribution < -0.4 is 11.1 Å². The number of alkyl halides is 3. The minimum atomic E-state index is -4.46. The summed E-state index contributed by atoms with van der Waals surface area (Å²) in [4.78, 5) is 13.5. The van der Waals surface area contributed by atoms with Gasteiger partial charge in [-0.15, -0.1) is 11.3 Å². The number of anilines is 2. The largest absolute Gasteiger partial charge is 0.416 e. The first kappa shape index (κ1) is 15.4. The zero-order valence-corrected chi connectivity index (χ0v) is 11.9. The summed E-state index contributed by atoms with van der Waals surface area (Å²) in [5.74, 6) is -0.383. The fourth-order valence-corrected chi connectivity index (χ4v) is 2.57. The van der Waals surface area contributed by atoms with Crippen molar-refractivity contribution in [2.75, 3.05) is 11.1 Å². The van der Waals surface area contributed by atoms with Crippen LogP contribution in [0.4, 0.5) is 24.5 Å². The Bertz CT molecular complexity index is 664. The second-order valence-electron chi connectivity index (χ2n) is 4.37. The van der Waals surface area contributed by atoms with E-state index in [9.17, 15) is 18.0 Å². The van der Waals surface area contributed by atoms with E-state index in [2.05, 4.69) is 5.32 Å². The number of nitrogens with two attached hydrogens (primary N) is 1. The average Bonchev–Trinajstić information content (AvgIpc) is 2.88. The monoisotopic (exact) mass is 314 g/mol. The Kier molecular flexibility index (Phi) is 4.22. The molecule has 0 aliphatic heterocycles. The Morgan fingerprint density at radius 2 is 2.00 bits per heavy atom. The van der Waals surface area contributed by atoms with Crippen LogP contribution >= 0.6 is 11.3 Å². The highest BCUT2D eigenvalue weighted by atomic mass is 32.1. The number of thiophene rings is 1. The van der Waals surface area contributed by atoms with Gasteiger partial charge in [0.05, 0.1) is 21.8 Å². The summed E-state index contributed by atoms with van der Waals surface area (Å²) in [6.45, 7) is 1.97. The third kappa shape index (κ3) is 3.55. The van der Waals surface area contributed by atoms with Gasteiger partial charge in [0.15, 0.2) is 0 Å². The number of benzene rings is 1. The molecule has 7 heteroatoms. The molecule has 0 bridgehead atoms. The highest BCUT2D eigenvalue weighted by Crippen LogP contribution is 2.33. The van der Waals surface area contributed by atoms with Crippen LogP contribution in [0.1, 0.15) is 27.0 Å². The van der Waals surface area contributed by atoms with Gasteiger partial charge in [-0.05, 0) is 36.8 Å². The molecule has 1 heterocycles. The molecule has 3 N–H and O–H groups in total. The summed E-state index contributed by atoms with van der Waals surface area (Å²) in [6, 6.07) is 6.37. The number of amides is 1. The van der Waals surface area contributed by atoms with Gasteiger partial charge in [-0.25, -0.2) is 0 Å². The van der Waals surface area contributed by atoms with Gasteiger partial charge in [-0.2, -0.15) is 13.2 Å². The standard InChI is InChI=1S/C14H13F3N2OS/c1-2-9-4-6-12(21-9)13(20)19-11-5-3-8(7-10(11)18)14(15,16)17/h3-7H,2,18H2,1H3,(H,19,20). The maximum Gasteiger partial charge on any atom is 0.416 e. The molecule has 3 nitrogen and oxygen atoms in total. The summed E-state index contributed by atoms with van der Waals surface area (Å²) in [5, 5.41) is 2.52. The lowest BCUT2D eigenvalue weighted by atomic mass is 10.1. The molecule has 21 heavy (non-hydrogen) atoms. The second kappa shape index (κ2) is 5.77. The van der Waals surface area contributed by atoms with Gasteiger partial charge in [0, 0.05) is 4.88 Å². The molecule has 2 rings (SSSR count). The Balaban J connectivity index is 2.18. The lowest BCUT2D eigenvalue weighted by Crippen LogP contribution is -2.13. The molecule has 112 valence electrons. The number of halogens is 3. The SMILES string of the molecule is CCc1ccc(C(=O)Nc2ccc(C(F)(F)F)cc2N)s1. The predicted octanol–water partition coefficient (Wildman–Crippen LogP) is 4.16. The molecule has 1 aromatic carbocycles. The molecule has 0 aliphatic carbocycles. The lowest BCUT2D eigenvalue weighted by molar-refractivity contribution is -0.137. The lowest BCUT2D eigenvalue weighted by Gasteiger charge is -2.11. The summed E-state index contributed by atoms with van der Waals surface area (Å²) < 4.78 is 37.6. The van der Waals surface area contributed by atoms with E-state index in [4.69, 9.17) is 5.73 Å². The Labute approximate surface area is 123 Å². The Hall–Kier alpha value is -2.02. The summed E-state index contributed by atoms with van der Waals surface area (Å²) in [5.41, 5.74) is 4.77. The molecule has 0 unspecified atom stereocenters. The van der Waals surface area contributed by atoms with E-state index < -0.39 is 11.7 Å². The fraction of sp³-hybridized carbons (Fsp3) is 0.214. The van der Waals surface area contributed by atoms with Crippen molar-refractivity contribution in [2.24, 2.45) is 0 Å². The smallest absolute Gasteiger partial charge is 0.397 e. The van der Waals surface area contributed by atoms with Crippen LogP contribution in [-0.4, -0.2) is 5.91 Å². The van der Waals surface area contributed by atoms with E-state index in [0.717, 1.165) is 29.5 Å². The quantitative estimate of drug-likeness (QED) is 0.836. The normalized spacial score (nSPS) is 11.4. The molecular weight excluding hydrogens is 301 g/mol. The highest BCUT2D eigenvalue weighted by molar-refractivity contribution is 7.14. The van der Waals surface area contributed by atoms with Crippen molar-refractivity contribution in [1.82, 2.24) is 0 Å². The van der Waals surface area contributed by atoms with Crippen LogP contribution in [0.3, 0.4) is 0 Å². The first-order valence-electron chi connectivity index (χ1n) is 6.18.